The third-order valence-corrected chi connectivity index (χ3v) is 6.18. The molecule has 29 heavy (non-hydrogen) atoms. The smallest absolute Gasteiger partial charge is 0.195 e. The van der Waals surface area contributed by atoms with Crippen LogP contribution in [0.4, 0.5) is 5.82 Å². The first-order chi connectivity index (χ1) is 14.2. The summed E-state index contributed by atoms with van der Waals surface area (Å²) in [4.78, 5) is 14.6. The molecule has 154 valence electrons. The summed E-state index contributed by atoms with van der Waals surface area (Å²) in [5, 5.41) is 4.03. The molecule has 1 fully saturated rings. The number of hydrogen-bond donors (Lipinski definition) is 2. The number of nitrogens with one attached hydrogen (secondary N) is 1. The Morgan fingerprint density at radius 2 is 2.03 bits per heavy atom. The summed E-state index contributed by atoms with van der Waals surface area (Å²) < 4.78 is 12.9. The van der Waals surface area contributed by atoms with E-state index in [0.29, 0.717) is 16.7 Å². The number of imidazole rings is 1. The number of hydrogen-bond acceptors (Lipinski definition) is 8. The van der Waals surface area contributed by atoms with Crippen LogP contribution in [0.1, 0.15) is 19.3 Å². The molecule has 8 nitrogen and oxygen atoms in total. The standard InChI is InChI=1S/C20H26N6O2S/c1-27-14-3-4-15(28-2)16(11-14)29-20-24-17-18(21)23-12-26(19(17)25-20)10-7-13-5-8-22-9-6-13/h3-4,11-13,22H,5-10,21H2,1-2H3. The number of aromatic nitrogens is 4. The van der Waals surface area contributed by atoms with Crippen LogP contribution in [0.5, 0.6) is 11.5 Å². The maximum atomic E-state index is 6.08. The van der Waals surface area contributed by atoms with Crippen molar-refractivity contribution in [2.75, 3.05) is 33.0 Å². The molecule has 3 aliphatic rings. The predicted octanol–water partition coefficient (Wildman–Crippen LogP) is 2.92. The Balaban J connectivity index is 1.58. The Labute approximate surface area is 174 Å². The molecular formula is C20H26N6O2S. The first-order valence-corrected chi connectivity index (χ1v) is 10.6. The minimum Gasteiger partial charge on any atom is -0.497 e. The van der Waals surface area contributed by atoms with Crippen LogP contribution in [0.2, 0.25) is 0 Å². The van der Waals surface area contributed by atoms with Crippen molar-refractivity contribution in [3.63, 3.8) is 0 Å². The first kappa shape index (κ1) is 19.8. The fraction of sp³-hybridized carbons (Fsp3) is 0.450. The highest BCUT2D eigenvalue weighted by atomic mass is 32.2. The van der Waals surface area contributed by atoms with Crippen LogP contribution in [-0.2, 0) is 6.54 Å². The van der Waals surface area contributed by atoms with Crippen LogP contribution in [0.25, 0.3) is 11.5 Å². The summed E-state index contributed by atoms with van der Waals surface area (Å²) in [5.74, 6) is 3.40. The number of ether oxygens (including phenoxy) is 2. The number of piperidine rings is 1. The molecule has 0 amide bonds. The molecule has 3 N–H and O–H groups in total. The van der Waals surface area contributed by atoms with Gasteiger partial charge in [0, 0.05) is 6.54 Å². The quantitative estimate of drug-likeness (QED) is 0.609. The highest BCUT2D eigenvalue weighted by Crippen LogP contribution is 2.38. The normalized spacial score (nSPS) is 15.0. The summed E-state index contributed by atoms with van der Waals surface area (Å²) in [6.07, 6.45) is 5.31. The Hall–Kier alpha value is -2.52. The fourth-order valence-corrected chi connectivity index (χ4v) is 4.49. The van der Waals surface area contributed by atoms with Crippen molar-refractivity contribution in [1.29, 1.82) is 0 Å². The molecule has 3 heterocycles. The van der Waals surface area contributed by atoms with Crippen LogP contribution < -0.4 is 20.5 Å². The van der Waals surface area contributed by atoms with Gasteiger partial charge in [-0.3, -0.25) is 0 Å². The number of nitrogens with two attached hydrogens (primary N) is 1. The van der Waals surface area contributed by atoms with Gasteiger partial charge in [0.25, 0.3) is 0 Å². The largest absolute Gasteiger partial charge is 0.497 e. The van der Waals surface area contributed by atoms with E-state index in [1.807, 2.05) is 18.2 Å². The van der Waals surface area contributed by atoms with Gasteiger partial charge in [-0.25, -0.2) is 15.0 Å². The minimum absolute atomic E-state index is 0.398. The molecule has 0 aromatic heterocycles. The van der Waals surface area contributed by atoms with Gasteiger partial charge in [-0.05, 0) is 68.2 Å². The molecule has 1 saturated heterocycles. The molecule has 0 spiro atoms. The lowest BCUT2D eigenvalue weighted by Crippen LogP contribution is -2.28. The molecule has 0 radical (unpaired) electrons. The third kappa shape index (κ3) is 4.40. The first-order valence-electron chi connectivity index (χ1n) is 9.77. The van der Waals surface area contributed by atoms with Crippen LogP contribution in [0, 0.1) is 5.92 Å². The van der Waals surface area contributed by atoms with Crippen LogP contribution in [0.15, 0.2) is 34.6 Å². The Kier molecular flexibility index (Phi) is 6.05. The average molecular weight is 415 g/mol. The second kappa shape index (κ2) is 8.87. The van der Waals surface area contributed by atoms with E-state index in [1.54, 1.807) is 20.5 Å². The number of nitrogen functional groups attached to an aromatic ring is 1. The van der Waals surface area contributed by atoms with Gasteiger partial charge in [-0.2, -0.15) is 0 Å². The van der Waals surface area contributed by atoms with E-state index in [-0.39, 0.29) is 0 Å². The van der Waals surface area contributed by atoms with E-state index < -0.39 is 0 Å². The summed E-state index contributed by atoms with van der Waals surface area (Å²) >= 11 is 1.43. The van der Waals surface area contributed by atoms with E-state index in [9.17, 15) is 0 Å². The van der Waals surface area contributed by atoms with Crippen molar-refractivity contribution >= 4 is 17.6 Å². The van der Waals surface area contributed by atoms with Gasteiger partial charge in [-0.1, -0.05) is 0 Å². The molecule has 9 heteroatoms. The number of nitrogens with zero attached hydrogens (tertiary/aromatic N) is 4. The minimum atomic E-state index is 0.398. The van der Waals surface area contributed by atoms with Crippen LogP contribution in [-0.4, -0.2) is 46.8 Å². The SMILES string of the molecule is COc1ccc(OC)c(Sc2nc3c(N)ncn(CCC4CCNCC4)c-3n2)c1. The molecular weight excluding hydrogens is 388 g/mol. The monoisotopic (exact) mass is 414 g/mol. The van der Waals surface area contributed by atoms with Crippen molar-refractivity contribution < 1.29 is 9.47 Å². The average Bonchev–Trinajstić information content (AvgIpc) is 3.18. The molecule has 0 atom stereocenters. The molecule has 0 aliphatic carbocycles. The van der Waals surface area contributed by atoms with E-state index in [2.05, 4.69) is 19.9 Å². The predicted molar refractivity (Wildman–Crippen MR) is 113 cm³/mol. The zero-order valence-corrected chi connectivity index (χ0v) is 17.5. The zero-order chi connectivity index (χ0) is 20.2. The van der Waals surface area contributed by atoms with E-state index in [4.69, 9.17) is 20.2 Å². The zero-order valence-electron chi connectivity index (χ0n) is 16.7. The second-order valence-electron chi connectivity index (χ2n) is 7.10. The summed E-state index contributed by atoms with van der Waals surface area (Å²) in [6.45, 7) is 3.06. The van der Waals surface area contributed by atoms with E-state index in [1.165, 1.54) is 24.6 Å². The summed E-state index contributed by atoms with van der Waals surface area (Å²) in [6, 6.07) is 5.65. The highest BCUT2D eigenvalue weighted by Gasteiger charge is 2.21. The molecule has 0 unspecified atom stereocenters. The Bertz CT molecular complexity index is 941. The Morgan fingerprint density at radius 3 is 2.79 bits per heavy atom. The number of rotatable bonds is 7. The summed E-state index contributed by atoms with van der Waals surface area (Å²) in [7, 11) is 3.28. The van der Waals surface area contributed by atoms with Crippen molar-refractivity contribution in [1.82, 2.24) is 24.8 Å². The van der Waals surface area contributed by atoms with E-state index in [0.717, 1.165) is 54.2 Å². The molecule has 0 bridgehead atoms. The van der Waals surface area contributed by atoms with Crippen LogP contribution in [0.3, 0.4) is 0 Å². The van der Waals surface area contributed by atoms with Crippen LogP contribution >= 0.6 is 11.8 Å². The number of fused-ring (bicyclic) bond motifs is 1. The molecule has 4 rings (SSSR count). The second-order valence-corrected chi connectivity index (χ2v) is 8.11. The maximum absolute atomic E-state index is 6.08. The number of anilines is 1. The summed E-state index contributed by atoms with van der Waals surface area (Å²) in [5.41, 5.74) is 6.72. The lowest BCUT2D eigenvalue weighted by molar-refractivity contribution is 0.337. The molecule has 0 saturated carbocycles. The third-order valence-electron chi connectivity index (χ3n) is 5.28. The van der Waals surface area contributed by atoms with Gasteiger partial charge in [-0.15, -0.1) is 0 Å². The van der Waals surface area contributed by atoms with Gasteiger partial charge >= 0.3 is 0 Å². The van der Waals surface area contributed by atoms with Crippen molar-refractivity contribution in [3.05, 3.63) is 24.5 Å². The fourth-order valence-electron chi connectivity index (χ4n) is 3.60. The maximum Gasteiger partial charge on any atom is 0.195 e. The van der Waals surface area contributed by atoms with Gasteiger partial charge in [0.2, 0.25) is 0 Å². The van der Waals surface area contributed by atoms with Crippen molar-refractivity contribution in [2.24, 2.45) is 5.92 Å². The van der Waals surface area contributed by atoms with Gasteiger partial charge in [0.1, 0.15) is 11.5 Å². The van der Waals surface area contributed by atoms with Crippen molar-refractivity contribution in [2.45, 2.75) is 35.9 Å². The van der Waals surface area contributed by atoms with Crippen molar-refractivity contribution in [3.8, 4) is 23.0 Å². The highest BCUT2D eigenvalue weighted by molar-refractivity contribution is 7.99. The molecule has 3 aliphatic heterocycles. The number of benzene rings is 1. The van der Waals surface area contributed by atoms with Gasteiger partial charge < -0.3 is 25.1 Å². The van der Waals surface area contributed by atoms with Gasteiger partial charge in [0.15, 0.2) is 22.5 Å². The van der Waals surface area contributed by atoms with E-state index >= 15 is 0 Å². The topological polar surface area (TPSA) is 100 Å². The lowest BCUT2D eigenvalue weighted by Gasteiger charge is -2.23. The molecule has 1 aromatic rings. The number of aryl methyl sites for hydroxylation is 1. The Morgan fingerprint density at radius 1 is 1.21 bits per heavy atom. The van der Waals surface area contributed by atoms with Gasteiger partial charge in [0.05, 0.1) is 25.4 Å². The number of methoxy groups -OCH3 is 2. The lowest BCUT2D eigenvalue weighted by atomic mass is 9.95. The molecule has 1 aromatic carbocycles.